The van der Waals surface area contributed by atoms with Crippen molar-refractivity contribution >= 4 is 34.7 Å². The highest BCUT2D eigenvalue weighted by atomic mass is 32.1. The van der Waals surface area contributed by atoms with Crippen LogP contribution in [0.25, 0.3) is 0 Å². The number of thiophene rings is 1. The molecule has 6 rings (SSSR count). The van der Waals surface area contributed by atoms with Gasteiger partial charge >= 0.3 is 0 Å². The summed E-state index contributed by atoms with van der Waals surface area (Å²) in [6.45, 7) is 2.31. The van der Waals surface area contributed by atoms with Crippen molar-refractivity contribution in [2.45, 2.75) is 69.4 Å². The number of hydrogen-bond acceptors (Lipinski definition) is 5. The molecule has 2 aromatic rings. The number of rotatable bonds is 6. The highest BCUT2D eigenvalue weighted by Crippen LogP contribution is 2.55. The molecule has 4 aliphatic rings. The standard InChI is InChI=1S/C28H31N3O4S/c1-17-9-11-19(12-10-17)29-25(32)22-21-13-14-28(35-21)23(22)27(34)31(16-20-8-5-15-36-20)24(28)26(33)30-18-6-3-2-4-7-18/h5,8-15,18,21-24H,2-4,6-7,16H2,1H3,(H,29,32)(H,30,33)/t21-,22+,23-,24+,28-/m1/s1. The third-order valence-corrected chi connectivity index (χ3v) is 8.96. The summed E-state index contributed by atoms with van der Waals surface area (Å²) in [5.74, 6) is -2.05. The lowest BCUT2D eigenvalue weighted by Crippen LogP contribution is -2.56. The lowest BCUT2D eigenvalue weighted by molar-refractivity contribution is -0.142. The minimum absolute atomic E-state index is 0.114. The van der Waals surface area contributed by atoms with Crippen LogP contribution in [-0.2, 0) is 25.7 Å². The predicted molar refractivity (Wildman–Crippen MR) is 137 cm³/mol. The van der Waals surface area contributed by atoms with Gasteiger partial charge in [-0.2, -0.15) is 0 Å². The fraction of sp³-hybridized carbons (Fsp3) is 0.464. The number of likely N-dealkylation sites (tertiary alicyclic amines) is 1. The number of benzene rings is 1. The molecule has 0 radical (unpaired) electrons. The smallest absolute Gasteiger partial charge is 0.246 e. The Labute approximate surface area is 214 Å². The summed E-state index contributed by atoms with van der Waals surface area (Å²) in [5.41, 5.74) is 0.645. The van der Waals surface area contributed by atoms with Gasteiger partial charge in [-0.3, -0.25) is 14.4 Å². The van der Waals surface area contributed by atoms with Gasteiger partial charge in [-0.15, -0.1) is 11.3 Å². The molecule has 3 aliphatic heterocycles. The summed E-state index contributed by atoms with van der Waals surface area (Å²) < 4.78 is 6.43. The Morgan fingerprint density at radius 3 is 2.61 bits per heavy atom. The number of hydrogen-bond donors (Lipinski definition) is 2. The van der Waals surface area contributed by atoms with E-state index in [1.165, 1.54) is 6.42 Å². The molecular formula is C28H31N3O4S. The Kier molecular flexibility index (Phi) is 5.96. The van der Waals surface area contributed by atoms with Crippen molar-refractivity contribution in [3.8, 4) is 0 Å². The van der Waals surface area contributed by atoms with E-state index >= 15 is 0 Å². The zero-order valence-electron chi connectivity index (χ0n) is 20.3. The second-order valence-corrected chi connectivity index (χ2v) is 11.5. The summed E-state index contributed by atoms with van der Waals surface area (Å²) in [6, 6.07) is 10.8. The molecule has 2 N–H and O–H groups in total. The van der Waals surface area contributed by atoms with Crippen molar-refractivity contribution in [3.63, 3.8) is 0 Å². The van der Waals surface area contributed by atoms with Gasteiger partial charge in [0.25, 0.3) is 0 Å². The number of anilines is 1. The Balaban J connectivity index is 1.31. The normalized spacial score (nSPS) is 31.0. The van der Waals surface area contributed by atoms with Crippen LogP contribution in [0.1, 0.15) is 42.5 Å². The second kappa shape index (κ2) is 9.16. The molecule has 4 heterocycles. The first-order valence-electron chi connectivity index (χ1n) is 12.8. The van der Waals surface area contributed by atoms with Crippen LogP contribution in [0.2, 0.25) is 0 Å². The van der Waals surface area contributed by atoms with Crippen molar-refractivity contribution < 1.29 is 19.1 Å². The summed E-state index contributed by atoms with van der Waals surface area (Å²) in [4.78, 5) is 43.9. The molecule has 5 atom stereocenters. The third kappa shape index (κ3) is 3.87. The zero-order chi connectivity index (χ0) is 24.9. The molecule has 1 spiro atoms. The van der Waals surface area contributed by atoms with Gasteiger partial charge in [-0.1, -0.05) is 55.2 Å². The Hall–Kier alpha value is -2.97. The number of amides is 3. The molecular weight excluding hydrogens is 474 g/mol. The van der Waals surface area contributed by atoms with E-state index in [0.717, 1.165) is 36.1 Å². The van der Waals surface area contributed by atoms with Crippen molar-refractivity contribution in [3.05, 3.63) is 64.4 Å². The van der Waals surface area contributed by atoms with Gasteiger partial charge < -0.3 is 20.3 Å². The van der Waals surface area contributed by atoms with Gasteiger partial charge in [0.1, 0.15) is 11.6 Å². The van der Waals surface area contributed by atoms with Gasteiger partial charge in [-0.05, 0) is 43.3 Å². The van der Waals surface area contributed by atoms with Gasteiger partial charge in [-0.25, -0.2) is 0 Å². The molecule has 8 heteroatoms. The highest BCUT2D eigenvalue weighted by Gasteiger charge is 2.72. The molecule has 1 aliphatic carbocycles. The maximum atomic E-state index is 14.0. The highest BCUT2D eigenvalue weighted by molar-refractivity contribution is 7.09. The van der Waals surface area contributed by atoms with Crippen molar-refractivity contribution in [2.24, 2.45) is 11.8 Å². The summed E-state index contributed by atoms with van der Waals surface area (Å²) in [7, 11) is 0. The zero-order valence-corrected chi connectivity index (χ0v) is 21.1. The van der Waals surface area contributed by atoms with E-state index in [9.17, 15) is 14.4 Å². The molecule has 188 valence electrons. The van der Waals surface area contributed by atoms with Gasteiger partial charge in [0.15, 0.2) is 0 Å². The van der Waals surface area contributed by atoms with E-state index in [4.69, 9.17) is 4.74 Å². The summed E-state index contributed by atoms with van der Waals surface area (Å²) in [6.07, 6.45) is 8.49. The monoisotopic (exact) mass is 505 g/mol. The molecule has 0 unspecified atom stereocenters. The first kappa shape index (κ1) is 23.4. The minimum Gasteiger partial charge on any atom is -0.359 e. The first-order valence-corrected chi connectivity index (χ1v) is 13.7. The number of nitrogens with one attached hydrogen (secondary N) is 2. The maximum Gasteiger partial charge on any atom is 0.246 e. The first-order chi connectivity index (χ1) is 17.5. The molecule has 1 saturated carbocycles. The molecule has 2 bridgehead atoms. The van der Waals surface area contributed by atoms with Crippen LogP contribution in [0.4, 0.5) is 5.69 Å². The van der Waals surface area contributed by atoms with Gasteiger partial charge in [0.05, 0.1) is 24.5 Å². The van der Waals surface area contributed by atoms with Gasteiger partial charge in [0.2, 0.25) is 17.7 Å². The topological polar surface area (TPSA) is 87.7 Å². The molecule has 36 heavy (non-hydrogen) atoms. The van der Waals surface area contributed by atoms with E-state index in [1.807, 2.05) is 60.9 Å². The summed E-state index contributed by atoms with van der Waals surface area (Å²) >= 11 is 1.55. The Bertz CT molecular complexity index is 1190. The molecule has 7 nitrogen and oxygen atoms in total. The maximum absolute atomic E-state index is 14.0. The van der Waals surface area contributed by atoms with E-state index < -0.39 is 29.6 Å². The number of carbonyl (C=O) groups is 3. The largest absolute Gasteiger partial charge is 0.359 e. The molecule has 2 saturated heterocycles. The Morgan fingerprint density at radius 2 is 1.89 bits per heavy atom. The minimum atomic E-state index is -1.13. The number of fused-ring (bicyclic) bond motifs is 1. The number of aryl methyl sites for hydroxylation is 1. The van der Waals surface area contributed by atoms with Gasteiger partial charge in [0, 0.05) is 16.6 Å². The van der Waals surface area contributed by atoms with Crippen LogP contribution in [-0.4, -0.2) is 46.4 Å². The average molecular weight is 506 g/mol. The third-order valence-electron chi connectivity index (χ3n) is 8.10. The van der Waals surface area contributed by atoms with Crippen molar-refractivity contribution in [1.29, 1.82) is 0 Å². The van der Waals surface area contributed by atoms with Crippen molar-refractivity contribution in [1.82, 2.24) is 10.2 Å². The molecule has 3 fully saturated rings. The summed E-state index contributed by atoms with van der Waals surface area (Å²) in [5, 5.41) is 8.16. The van der Waals surface area contributed by atoms with Crippen LogP contribution in [0.15, 0.2) is 53.9 Å². The van der Waals surface area contributed by atoms with Crippen molar-refractivity contribution in [2.75, 3.05) is 5.32 Å². The molecule has 1 aromatic heterocycles. The fourth-order valence-electron chi connectivity index (χ4n) is 6.40. The van der Waals surface area contributed by atoms with E-state index in [0.29, 0.717) is 12.2 Å². The predicted octanol–water partition coefficient (Wildman–Crippen LogP) is 3.79. The van der Waals surface area contributed by atoms with Crippen LogP contribution in [0, 0.1) is 18.8 Å². The SMILES string of the molecule is Cc1ccc(NC(=O)[C@H]2[C@H]3C=C[C@]4(O3)[C@H](C(=O)NC3CCCCC3)N(Cc3cccs3)C(=O)[C@@H]24)cc1. The van der Waals surface area contributed by atoms with E-state index in [-0.39, 0.29) is 23.8 Å². The lowest BCUT2D eigenvalue weighted by Gasteiger charge is -2.34. The molecule has 1 aromatic carbocycles. The Morgan fingerprint density at radius 1 is 1.11 bits per heavy atom. The quantitative estimate of drug-likeness (QED) is 0.585. The number of ether oxygens (including phenoxy) is 1. The van der Waals surface area contributed by atoms with E-state index in [1.54, 1.807) is 16.2 Å². The lowest BCUT2D eigenvalue weighted by atomic mass is 9.74. The molecule has 3 amide bonds. The van der Waals surface area contributed by atoms with Crippen LogP contribution < -0.4 is 10.6 Å². The second-order valence-electron chi connectivity index (χ2n) is 10.4. The number of carbonyl (C=O) groups excluding carboxylic acids is 3. The average Bonchev–Trinajstić information content (AvgIpc) is 3.64. The number of nitrogens with zero attached hydrogens (tertiary/aromatic N) is 1. The van der Waals surface area contributed by atoms with Crippen LogP contribution in [0.3, 0.4) is 0 Å². The van der Waals surface area contributed by atoms with E-state index in [2.05, 4.69) is 10.6 Å². The fourth-order valence-corrected chi connectivity index (χ4v) is 7.10. The van der Waals surface area contributed by atoms with Crippen LogP contribution in [0.5, 0.6) is 0 Å². The van der Waals surface area contributed by atoms with Crippen LogP contribution >= 0.6 is 11.3 Å².